The zero-order valence-corrected chi connectivity index (χ0v) is 10.9. The normalized spacial score (nSPS) is 15.2. The van der Waals surface area contributed by atoms with Crippen molar-refractivity contribution in [3.63, 3.8) is 0 Å². The van der Waals surface area contributed by atoms with Gasteiger partial charge in [-0.1, -0.05) is 15.9 Å². The van der Waals surface area contributed by atoms with Crippen LogP contribution < -0.4 is 10.6 Å². The van der Waals surface area contributed by atoms with E-state index in [0.717, 1.165) is 17.3 Å². The molecular weight excluding hydrogens is 287 g/mol. The van der Waals surface area contributed by atoms with Crippen LogP contribution in [0.1, 0.15) is 24.8 Å². The van der Waals surface area contributed by atoms with Gasteiger partial charge in [-0.05, 0) is 37.5 Å². The minimum Gasteiger partial charge on any atom is -0.335 e. The SMILES string of the molecule is O=C(NCc1cc(Br)ccc1F)NC1CCC1. The van der Waals surface area contributed by atoms with Crippen LogP contribution in [0.15, 0.2) is 22.7 Å². The van der Waals surface area contributed by atoms with Crippen LogP contribution in [0.2, 0.25) is 0 Å². The number of nitrogens with one attached hydrogen (secondary N) is 2. The van der Waals surface area contributed by atoms with Crippen molar-refractivity contribution >= 4 is 22.0 Å². The molecule has 1 saturated carbocycles. The van der Waals surface area contributed by atoms with E-state index in [0.29, 0.717) is 11.6 Å². The highest BCUT2D eigenvalue weighted by Crippen LogP contribution is 2.18. The summed E-state index contributed by atoms with van der Waals surface area (Å²) < 4.78 is 14.2. The number of halogens is 2. The van der Waals surface area contributed by atoms with Crippen LogP contribution >= 0.6 is 15.9 Å². The van der Waals surface area contributed by atoms with Gasteiger partial charge in [0.1, 0.15) is 5.82 Å². The van der Waals surface area contributed by atoms with E-state index in [-0.39, 0.29) is 18.4 Å². The Hall–Kier alpha value is -1.10. The number of amides is 2. The lowest BCUT2D eigenvalue weighted by Gasteiger charge is -2.26. The summed E-state index contributed by atoms with van der Waals surface area (Å²) in [4.78, 5) is 11.5. The lowest BCUT2D eigenvalue weighted by Crippen LogP contribution is -2.44. The molecule has 1 aromatic rings. The van der Waals surface area contributed by atoms with Gasteiger partial charge in [0.05, 0.1) is 0 Å². The van der Waals surface area contributed by atoms with E-state index >= 15 is 0 Å². The lowest BCUT2D eigenvalue weighted by atomic mass is 9.93. The molecule has 0 aliphatic heterocycles. The predicted molar refractivity (Wildman–Crippen MR) is 67.1 cm³/mol. The summed E-state index contributed by atoms with van der Waals surface area (Å²) in [6.45, 7) is 0.198. The van der Waals surface area contributed by atoms with E-state index < -0.39 is 0 Å². The molecule has 0 spiro atoms. The average Bonchev–Trinajstić information content (AvgIpc) is 2.25. The van der Waals surface area contributed by atoms with Gasteiger partial charge in [0.25, 0.3) is 0 Å². The van der Waals surface area contributed by atoms with Crippen molar-refractivity contribution in [3.05, 3.63) is 34.1 Å². The van der Waals surface area contributed by atoms with Crippen LogP contribution in [0.25, 0.3) is 0 Å². The zero-order valence-electron chi connectivity index (χ0n) is 9.30. The second kappa shape index (κ2) is 5.49. The third-order valence-corrected chi connectivity index (χ3v) is 3.38. The maximum atomic E-state index is 13.4. The molecule has 0 bridgehead atoms. The van der Waals surface area contributed by atoms with Crippen molar-refractivity contribution in [3.8, 4) is 0 Å². The number of carbonyl (C=O) groups excluding carboxylic acids is 1. The Labute approximate surface area is 108 Å². The molecule has 0 atom stereocenters. The molecule has 3 nitrogen and oxygen atoms in total. The Morgan fingerprint density at radius 1 is 1.47 bits per heavy atom. The largest absolute Gasteiger partial charge is 0.335 e. The highest BCUT2D eigenvalue weighted by molar-refractivity contribution is 9.10. The minimum atomic E-state index is -0.308. The Kier molecular flexibility index (Phi) is 3.99. The van der Waals surface area contributed by atoms with Gasteiger partial charge in [0, 0.05) is 22.6 Å². The van der Waals surface area contributed by atoms with Crippen molar-refractivity contribution in [1.82, 2.24) is 10.6 Å². The molecule has 0 saturated heterocycles. The third-order valence-electron chi connectivity index (χ3n) is 2.89. The summed E-state index contributed by atoms with van der Waals surface area (Å²) >= 11 is 3.27. The van der Waals surface area contributed by atoms with Crippen LogP contribution in [0.3, 0.4) is 0 Å². The number of benzene rings is 1. The molecule has 92 valence electrons. The van der Waals surface area contributed by atoms with E-state index in [1.54, 1.807) is 12.1 Å². The number of hydrogen-bond donors (Lipinski definition) is 2. The van der Waals surface area contributed by atoms with Gasteiger partial charge in [-0.2, -0.15) is 0 Å². The number of carbonyl (C=O) groups is 1. The topological polar surface area (TPSA) is 41.1 Å². The molecule has 0 heterocycles. The number of hydrogen-bond acceptors (Lipinski definition) is 1. The zero-order chi connectivity index (χ0) is 12.3. The van der Waals surface area contributed by atoms with Crippen molar-refractivity contribution in [2.75, 3.05) is 0 Å². The molecule has 1 aromatic carbocycles. The van der Waals surface area contributed by atoms with Crippen LogP contribution in [-0.4, -0.2) is 12.1 Å². The fraction of sp³-hybridized carbons (Fsp3) is 0.417. The van der Waals surface area contributed by atoms with Crippen LogP contribution in [0.4, 0.5) is 9.18 Å². The molecule has 2 amide bonds. The summed E-state index contributed by atoms with van der Waals surface area (Å²) in [5, 5.41) is 5.49. The van der Waals surface area contributed by atoms with Crippen molar-refractivity contribution < 1.29 is 9.18 Å². The first kappa shape index (κ1) is 12.4. The van der Waals surface area contributed by atoms with E-state index in [2.05, 4.69) is 26.6 Å². The Balaban J connectivity index is 1.83. The van der Waals surface area contributed by atoms with Crippen LogP contribution in [0.5, 0.6) is 0 Å². The second-order valence-corrected chi connectivity index (χ2v) is 5.11. The van der Waals surface area contributed by atoms with Gasteiger partial charge in [0.2, 0.25) is 0 Å². The Morgan fingerprint density at radius 2 is 2.24 bits per heavy atom. The fourth-order valence-corrected chi connectivity index (χ4v) is 2.05. The summed E-state index contributed by atoms with van der Waals surface area (Å²) in [5.41, 5.74) is 0.475. The fourth-order valence-electron chi connectivity index (χ4n) is 1.64. The molecule has 1 fully saturated rings. The summed E-state index contributed by atoms with van der Waals surface area (Å²) in [7, 11) is 0. The first-order valence-corrected chi connectivity index (χ1v) is 6.43. The number of rotatable bonds is 3. The predicted octanol–water partition coefficient (Wildman–Crippen LogP) is 2.94. The van der Waals surface area contributed by atoms with Gasteiger partial charge < -0.3 is 10.6 Å². The second-order valence-electron chi connectivity index (χ2n) is 4.19. The van der Waals surface area contributed by atoms with Gasteiger partial charge in [0.15, 0.2) is 0 Å². The summed E-state index contributed by atoms with van der Waals surface area (Å²) in [5.74, 6) is -0.308. The van der Waals surface area contributed by atoms with Gasteiger partial charge in [-0.25, -0.2) is 9.18 Å². The Morgan fingerprint density at radius 3 is 2.88 bits per heavy atom. The van der Waals surface area contributed by atoms with Gasteiger partial charge in [-0.3, -0.25) is 0 Å². The van der Waals surface area contributed by atoms with Gasteiger partial charge in [-0.15, -0.1) is 0 Å². The maximum Gasteiger partial charge on any atom is 0.315 e. The minimum absolute atomic E-state index is 0.198. The average molecular weight is 301 g/mol. The standard InChI is InChI=1S/C12H14BrFN2O/c13-9-4-5-11(14)8(6-9)7-15-12(17)16-10-2-1-3-10/h4-6,10H,1-3,7H2,(H2,15,16,17). The highest BCUT2D eigenvalue weighted by Gasteiger charge is 2.19. The van der Waals surface area contributed by atoms with E-state index in [9.17, 15) is 9.18 Å². The maximum absolute atomic E-state index is 13.4. The van der Waals surface area contributed by atoms with Crippen molar-refractivity contribution in [2.24, 2.45) is 0 Å². The molecule has 0 radical (unpaired) electrons. The first-order valence-electron chi connectivity index (χ1n) is 5.63. The molecule has 5 heteroatoms. The Bertz CT molecular complexity index is 421. The van der Waals surface area contributed by atoms with E-state index in [1.807, 2.05) is 0 Å². The molecule has 0 unspecified atom stereocenters. The van der Waals surface area contributed by atoms with Crippen molar-refractivity contribution in [2.45, 2.75) is 31.8 Å². The lowest BCUT2D eigenvalue weighted by molar-refractivity contribution is 0.228. The van der Waals surface area contributed by atoms with Crippen LogP contribution in [-0.2, 0) is 6.54 Å². The monoisotopic (exact) mass is 300 g/mol. The quantitative estimate of drug-likeness (QED) is 0.885. The summed E-state index contributed by atoms with van der Waals surface area (Å²) in [6, 6.07) is 4.74. The molecule has 1 aliphatic rings. The molecular formula is C12H14BrFN2O. The molecule has 1 aliphatic carbocycles. The van der Waals surface area contributed by atoms with Gasteiger partial charge >= 0.3 is 6.03 Å². The number of urea groups is 1. The molecule has 17 heavy (non-hydrogen) atoms. The smallest absolute Gasteiger partial charge is 0.315 e. The molecule has 2 N–H and O–H groups in total. The van der Waals surface area contributed by atoms with Crippen molar-refractivity contribution in [1.29, 1.82) is 0 Å². The van der Waals surface area contributed by atoms with E-state index in [4.69, 9.17) is 0 Å². The molecule has 0 aromatic heterocycles. The first-order chi connectivity index (χ1) is 8.15. The summed E-state index contributed by atoms with van der Waals surface area (Å²) in [6.07, 6.45) is 3.25. The van der Waals surface area contributed by atoms with E-state index in [1.165, 1.54) is 12.5 Å². The molecule has 2 rings (SSSR count). The third kappa shape index (κ3) is 3.43. The highest BCUT2D eigenvalue weighted by atomic mass is 79.9. The van der Waals surface area contributed by atoms with Crippen LogP contribution in [0, 0.1) is 5.82 Å².